The number of hydrogen-bond acceptors (Lipinski definition) is 3. The van der Waals surface area contributed by atoms with E-state index >= 15 is 0 Å². The third kappa shape index (κ3) is 4.07. The zero-order valence-electron chi connectivity index (χ0n) is 14.9. The fourth-order valence-corrected chi connectivity index (χ4v) is 2.74. The summed E-state index contributed by atoms with van der Waals surface area (Å²) in [6.07, 6.45) is -6.04. The van der Waals surface area contributed by atoms with Gasteiger partial charge in [0, 0.05) is 30.0 Å². The monoisotopic (exact) mass is 423 g/mol. The van der Waals surface area contributed by atoms with Crippen molar-refractivity contribution in [3.05, 3.63) is 78.2 Å². The van der Waals surface area contributed by atoms with E-state index in [1.165, 1.54) is 16.8 Å². The first-order valence-electron chi connectivity index (χ1n) is 8.47. The molecule has 30 heavy (non-hydrogen) atoms. The van der Waals surface area contributed by atoms with Crippen LogP contribution in [0.2, 0.25) is 0 Å². The molecule has 0 fully saturated rings. The highest BCUT2D eigenvalue weighted by atomic mass is 19.4. The molecule has 4 rings (SSSR count). The summed E-state index contributed by atoms with van der Waals surface area (Å²) >= 11 is 0. The summed E-state index contributed by atoms with van der Waals surface area (Å²) in [5.41, 5.74) is -1.16. The van der Waals surface area contributed by atoms with E-state index < -0.39 is 23.5 Å². The van der Waals surface area contributed by atoms with E-state index in [1.54, 1.807) is 24.3 Å². The van der Waals surface area contributed by atoms with Crippen LogP contribution in [0.5, 0.6) is 11.6 Å². The fraction of sp³-hybridized carbons (Fsp3) is 0.100. The van der Waals surface area contributed by atoms with Crippen molar-refractivity contribution < 1.29 is 31.1 Å². The van der Waals surface area contributed by atoms with Gasteiger partial charge in [0.05, 0.1) is 16.6 Å². The van der Waals surface area contributed by atoms with Crippen molar-refractivity contribution in [2.45, 2.75) is 12.4 Å². The van der Waals surface area contributed by atoms with Crippen LogP contribution in [0.25, 0.3) is 16.7 Å². The Balaban J connectivity index is 1.57. The third-order valence-electron chi connectivity index (χ3n) is 4.22. The van der Waals surface area contributed by atoms with Gasteiger partial charge in [0.25, 0.3) is 0 Å². The van der Waals surface area contributed by atoms with Gasteiger partial charge in [0.2, 0.25) is 5.88 Å². The number of nitrogens with zero attached hydrogens (tertiary/aromatic N) is 3. The molecule has 3 heterocycles. The topological polar surface area (TPSA) is 39.9 Å². The molecule has 0 aliphatic rings. The van der Waals surface area contributed by atoms with Crippen LogP contribution < -0.4 is 4.74 Å². The van der Waals surface area contributed by atoms with Gasteiger partial charge in [-0.2, -0.15) is 26.3 Å². The Bertz CT molecular complexity index is 1200. The van der Waals surface area contributed by atoms with Gasteiger partial charge in [0.15, 0.2) is 0 Å². The van der Waals surface area contributed by atoms with E-state index in [-0.39, 0.29) is 5.88 Å². The lowest BCUT2D eigenvalue weighted by Gasteiger charge is -2.09. The molecule has 0 radical (unpaired) electrons. The molecule has 3 aromatic heterocycles. The Hall–Kier alpha value is -3.56. The lowest BCUT2D eigenvalue weighted by molar-refractivity contribution is -0.138. The number of rotatable bonds is 3. The van der Waals surface area contributed by atoms with Crippen LogP contribution in [-0.2, 0) is 12.4 Å². The van der Waals surface area contributed by atoms with Crippen molar-refractivity contribution in [2.75, 3.05) is 0 Å². The summed E-state index contributed by atoms with van der Waals surface area (Å²) < 4.78 is 82.8. The van der Waals surface area contributed by atoms with Gasteiger partial charge in [-0.3, -0.25) is 0 Å². The van der Waals surface area contributed by atoms with E-state index in [1.807, 2.05) is 0 Å². The Labute approximate surface area is 165 Å². The average molecular weight is 423 g/mol. The molecule has 0 N–H and O–H groups in total. The fourth-order valence-electron chi connectivity index (χ4n) is 2.74. The van der Waals surface area contributed by atoms with Crippen LogP contribution in [0.1, 0.15) is 11.1 Å². The van der Waals surface area contributed by atoms with Gasteiger partial charge in [-0.15, -0.1) is 0 Å². The van der Waals surface area contributed by atoms with E-state index in [0.29, 0.717) is 28.7 Å². The van der Waals surface area contributed by atoms with Gasteiger partial charge in [-0.25, -0.2) is 9.97 Å². The number of fused-ring (bicyclic) bond motifs is 1. The lowest BCUT2D eigenvalue weighted by atomic mass is 10.2. The van der Waals surface area contributed by atoms with Crippen LogP contribution in [0, 0.1) is 0 Å². The van der Waals surface area contributed by atoms with Crippen LogP contribution in [0.15, 0.2) is 67.1 Å². The molecule has 0 spiro atoms. The van der Waals surface area contributed by atoms with Crippen LogP contribution in [0.3, 0.4) is 0 Å². The van der Waals surface area contributed by atoms with Gasteiger partial charge >= 0.3 is 12.4 Å². The molecule has 0 unspecified atom stereocenters. The van der Waals surface area contributed by atoms with Crippen molar-refractivity contribution >= 4 is 10.9 Å². The van der Waals surface area contributed by atoms with Crippen LogP contribution >= 0.6 is 0 Å². The molecule has 0 saturated heterocycles. The molecule has 0 bridgehead atoms. The summed E-state index contributed by atoms with van der Waals surface area (Å²) in [6.45, 7) is 0. The summed E-state index contributed by atoms with van der Waals surface area (Å²) in [5.74, 6) is 0.611. The summed E-state index contributed by atoms with van der Waals surface area (Å²) in [7, 11) is 0. The Morgan fingerprint density at radius 2 is 1.57 bits per heavy atom. The van der Waals surface area contributed by atoms with Crippen LogP contribution in [-0.4, -0.2) is 14.5 Å². The maximum Gasteiger partial charge on any atom is 0.417 e. The molecule has 0 aliphatic heterocycles. The molecule has 0 saturated carbocycles. The highest BCUT2D eigenvalue weighted by Crippen LogP contribution is 2.32. The van der Waals surface area contributed by atoms with Crippen molar-refractivity contribution in [3.8, 4) is 17.4 Å². The predicted octanol–water partition coefficient (Wildman–Crippen LogP) is 6.25. The summed E-state index contributed by atoms with van der Waals surface area (Å²) in [6, 6.07) is 10.9. The molecule has 1 aromatic carbocycles. The Kier molecular flexibility index (Phi) is 4.64. The van der Waals surface area contributed by atoms with Gasteiger partial charge in [-0.05, 0) is 42.5 Å². The standard InChI is InChI=1S/C20H11F6N3O/c21-19(22,23)13-2-6-18(27-10-13)30-15-3-4-16-12(9-15)1-5-17(28-16)29-8-7-14(11-29)20(24,25)26/h1-11H. The van der Waals surface area contributed by atoms with Gasteiger partial charge < -0.3 is 9.30 Å². The Morgan fingerprint density at radius 1 is 0.800 bits per heavy atom. The SMILES string of the molecule is FC(F)(F)c1ccc(Oc2ccc3nc(-n4ccc(C(F)(F)F)c4)ccc3c2)nc1. The highest BCUT2D eigenvalue weighted by molar-refractivity contribution is 5.81. The van der Waals surface area contributed by atoms with Crippen molar-refractivity contribution in [1.29, 1.82) is 0 Å². The molecular weight excluding hydrogens is 412 g/mol. The predicted molar refractivity (Wildman–Crippen MR) is 95.4 cm³/mol. The first-order chi connectivity index (χ1) is 14.1. The van der Waals surface area contributed by atoms with Crippen molar-refractivity contribution in [3.63, 3.8) is 0 Å². The largest absolute Gasteiger partial charge is 0.439 e. The number of hydrogen-bond donors (Lipinski definition) is 0. The highest BCUT2D eigenvalue weighted by Gasteiger charge is 2.32. The molecule has 0 aliphatic carbocycles. The van der Waals surface area contributed by atoms with E-state index in [2.05, 4.69) is 9.97 Å². The molecule has 0 atom stereocenters. The minimum Gasteiger partial charge on any atom is -0.439 e. The van der Waals surface area contributed by atoms with Crippen molar-refractivity contribution in [2.24, 2.45) is 0 Å². The number of alkyl halides is 6. The first kappa shape index (κ1) is 19.7. The van der Waals surface area contributed by atoms with E-state index in [0.717, 1.165) is 24.4 Å². The molecule has 10 heteroatoms. The quantitative estimate of drug-likeness (QED) is 0.366. The van der Waals surface area contributed by atoms with Gasteiger partial charge in [0.1, 0.15) is 11.6 Å². The molecule has 4 aromatic rings. The normalized spacial score (nSPS) is 12.3. The third-order valence-corrected chi connectivity index (χ3v) is 4.22. The zero-order valence-corrected chi connectivity index (χ0v) is 14.9. The maximum atomic E-state index is 12.8. The second-order valence-electron chi connectivity index (χ2n) is 6.31. The maximum absolute atomic E-state index is 12.8. The second kappa shape index (κ2) is 7.05. The molecule has 4 nitrogen and oxygen atoms in total. The average Bonchev–Trinajstić information content (AvgIpc) is 3.18. The lowest BCUT2D eigenvalue weighted by Crippen LogP contribution is -2.05. The molecular formula is C20H11F6N3O. The minimum absolute atomic E-state index is 0.0149. The van der Waals surface area contributed by atoms with E-state index in [9.17, 15) is 26.3 Å². The Morgan fingerprint density at radius 3 is 2.20 bits per heavy atom. The molecule has 0 amide bonds. The number of benzene rings is 1. The minimum atomic E-state index is -4.49. The summed E-state index contributed by atoms with van der Waals surface area (Å²) in [4.78, 5) is 7.97. The van der Waals surface area contributed by atoms with Crippen LogP contribution in [0.4, 0.5) is 26.3 Å². The van der Waals surface area contributed by atoms with Crippen molar-refractivity contribution in [1.82, 2.24) is 14.5 Å². The number of halogens is 6. The number of pyridine rings is 2. The number of aromatic nitrogens is 3. The van der Waals surface area contributed by atoms with Gasteiger partial charge in [-0.1, -0.05) is 0 Å². The first-order valence-corrected chi connectivity index (χ1v) is 8.47. The zero-order chi connectivity index (χ0) is 21.5. The van der Waals surface area contributed by atoms with E-state index in [4.69, 9.17) is 4.74 Å². The summed E-state index contributed by atoms with van der Waals surface area (Å²) in [5, 5.41) is 0.631. The smallest absolute Gasteiger partial charge is 0.417 e. The number of ether oxygens (including phenoxy) is 1. The second-order valence-corrected chi connectivity index (χ2v) is 6.31. The molecule has 154 valence electrons.